The van der Waals surface area contributed by atoms with Crippen LogP contribution >= 0.6 is 11.6 Å². The molecule has 3 nitrogen and oxygen atoms in total. The maximum atomic E-state index is 5.96. The van der Waals surface area contributed by atoms with E-state index < -0.39 is 0 Å². The lowest BCUT2D eigenvalue weighted by molar-refractivity contribution is 0.152. The molecule has 1 fully saturated rings. The minimum Gasteiger partial charge on any atom is -0.398 e. The number of nitrogens with zero attached hydrogens (tertiary/aromatic N) is 1. The molecule has 1 aromatic rings. The Labute approximate surface area is 107 Å². The van der Waals surface area contributed by atoms with Crippen molar-refractivity contribution >= 4 is 17.3 Å². The fourth-order valence-electron chi connectivity index (χ4n) is 2.38. The highest BCUT2D eigenvalue weighted by molar-refractivity contribution is 6.30. The molecule has 1 unspecified atom stereocenters. The molecule has 1 heterocycles. The van der Waals surface area contributed by atoms with Crippen LogP contribution in [0, 0.1) is 5.92 Å². The molecule has 0 radical (unpaired) electrons. The number of benzene rings is 1. The second kappa shape index (κ2) is 5.71. The highest BCUT2D eigenvalue weighted by Gasteiger charge is 2.22. The van der Waals surface area contributed by atoms with Gasteiger partial charge in [-0.3, -0.25) is 4.90 Å². The highest BCUT2D eigenvalue weighted by atomic mass is 35.5. The van der Waals surface area contributed by atoms with Gasteiger partial charge in [0.15, 0.2) is 0 Å². The maximum Gasteiger partial charge on any atom is 0.0503 e. The summed E-state index contributed by atoms with van der Waals surface area (Å²) in [5.74, 6) is 0.661. The fourth-order valence-corrected chi connectivity index (χ4v) is 2.56. The van der Waals surface area contributed by atoms with Crippen LogP contribution in [0.1, 0.15) is 12.0 Å². The third kappa shape index (κ3) is 3.35. The molecule has 1 atom stereocenters. The van der Waals surface area contributed by atoms with Gasteiger partial charge in [-0.1, -0.05) is 17.7 Å². The first-order chi connectivity index (χ1) is 8.19. The molecule has 0 aliphatic carbocycles. The number of halogens is 1. The van der Waals surface area contributed by atoms with Crippen molar-refractivity contribution in [2.75, 3.05) is 32.5 Å². The molecule has 1 aliphatic heterocycles. The van der Waals surface area contributed by atoms with Gasteiger partial charge in [0.1, 0.15) is 0 Å². The third-order valence-electron chi connectivity index (χ3n) is 3.27. The van der Waals surface area contributed by atoms with Crippen LogP contribution in [-0.2, 0) is 11.3 Å². The Kier molecular flexibility index (Phi) is 4.26. The molecule has 17 heavy (non-hydrogen) atoms. The predicted molar refractivity (Wildman–Crippen MR) is 71.1 cm³/mol. The van der Waals surface area contributed by atoms with E-state index in [2.05, 4.69) is 4.90 Å². The first kappa shape index (κ1) is 12.7. The molecule has 2 rings (SSSR count). The largest absolute Gasteiger partial charge is 0.398 e. The van der Waals surface area contributed by atoms with Crippen molar-refractivity contribution in [3.05, 3.63) is 28.8 Å². The summed E-state index contributed by atoms with van der Waals surface area (Å²) >= 11 is 5.89. The molecule has 0 aromatic heterocycles. The van der Waals surface area contributed by atoms with Gasteiger partial charge in [0, 0.05) is 30.9 Å². The van der Waals surface area contributed by atoms with Gasteiger partial charge in [0.25, 0.3) is 0 Å². The Bertz CT molecular complexity index is 384. The number of hydrogen-bond donors (Lipinski definition) is 1. The molecule has 2 N–H and O–H groups in total. The van der Waals surface area contributed by atoms with Crippen LogP contribution in [0.2, 0.25) is 5.02 Å². The molecule has 1 aliphatic rings. The van der Waals surface area contributed by atoms with E-state index in [1.807, 2.05) is 18.2 Å². The first-order valence-electron chi connectivity index (χ1n) is 5.94. The Morgan fingerprint density at radius 2 is 2.35 bits per heavy atom. The van der Waals surface area contributed by atoms with Gasteiger partial charge in [-0.05, 0) is 36.6 Å². The molecule has 0 bridgehead atoms. The lowest BCUT2D eigenvalue weighted by Crippen LogP contribution is -2.21. The smallest absolute Gasteiger partial charge is 0.0503 e. The second-order valence-electron chi connectivity index (χ2n) is 4.69. The Morgan fingerprint density at radius 1 is 1.53 bits per heavy atom. The van der Waals surface area contributed by atoms with Crippen molar-refractivity contribution in [2.24, 2.45) is 5.92 Å². The summed E-state index contributed by atoms with van der Waals surface area (Å²) in [6.45, 7) is 3.97. The van der Waals surface area contributed by atoms with Gasteiger partial charge < -0.3 is 10.5 Å². The molecule has 0 spiro atoms. The van der Waals surface area contributed by atoms with E-state index in [0.29, 0.717) is 10.9 Å². The number of rotatable bonds is 4. The molecule has 94 valence electrons. The lowest BCUT2D eigenvalue weighted by atomic mass is 10.1. The lowest BCUT2D eigenvalue weighted by Gasteiger charge is -2.17. The zero-order valence-electron chi connectivity index (χ0n) is 10.2. The minimum atomic E-state index is 0.661. The van der Waals surface area contributed by atoms with Crippen LogP contribution in [0.4, 0.5) is 5.69 Å². The molecule has 1 aromatic carbocycles. The Morgan fingerprint density at radius 3 is 3.06 bits per heavy atom. The van der Waals surface area contributed by atoms with Crippen molar-refractivity contribution in [2.45, 2.75) is 13.0 Å². The topological polar surface area (TPSA) is 38.5 Å². The monoisotopic (exact) mass is 254 g/mol. The molecule has 1 saturated heterocycles. The predicted octanol–water partition coefficient (Wildman–Crippen LogP) is 2.39. The fraction of sp³-hybridized carbons (Fsp3) is 0.538. The van der Waals surface area contributed by atoms with Gasteiger partial charge in [-0.15, -0.1) is 0 Å². The van der Waals surface area contributed by atoms with Crippen molar-refractivity contribution < 1.29 is 4.74 Å². The zero-order chi connectivity index (χ0) is 12.3. The summed E-state index contributed by atoms with van der Waals surface area (Å²) in [6.07, 6.45) is 1.21. The van der Waals surface area contributed by atoms with Gasteiger partial charge >= 0.3 is 0 Å². The van der Waals surface area contributed by atoms with E-state index in [0.717, 1.165) is 37.5 Å². The second-order valence-corrected chi connectivity index (χ2v) is 5.12. The van der Waals surface area contributed by atoms with E-state index in [-0.39, 0.29) is 0 Å². The van der Waals surface area contributed by atoms with E-state index in [9.17, 15) is 0 Å². The number of hydrogen-bond acceptors (Lipinski definition) is 3. The van der Waals surface area contributed by atoms with Gasteiger partial charge in [-0.2, -0.15) is 0 Å². The quantitative estimate of drug-likeness (QED) is 0.839. The summed E-state index contributed by atoms with van der Waals surface area (Å²) in [5, 5.41) is 0.699. The van der Waals surface area contributed by atoms with Gasteiger partial charge in [0.2, 0.25) is 0 Å². The number of likely N-dealkylation sites (tertiary alicyclic amines) is 1. The number of ether oxygens (including phenoxy) is 1. The Hall–Kier alpha value is -0.770. The van der Waals surface area contributed by atoms with Crippen LogP contribution < -0.4 is 5.73 Å². The maximum absolute atomic E-state index is 5.96. The third-order valence-corrected chi connectivity index (χ3v) is 3.51. The van der Waals surface area contributed by atoms with Gasteiger partial charge in [0.05, 0.1) is 6.61 Å². The number of nitrogens with two attached hydrogens (primary N) is 1. The van der Waals surface area contributed by atoms with E-state index in [1.165, 1.54) is 6.42 Å². The summed E-state index contributed by atoms with van der Waals surface area (Å²) in [7, 11) is 1.76. The average molecular weight is 255 g/mol. The van der Waals surface area contributed by atoms with Crippen molar-refractivity contribution in [1.82, 2.24) is 4.90 Å². The van der Waals surface area contributed by atoms with E-state index >= 15 is 0 Å². The van der Waals surface area contributed by atoms with Crippen molar-refractivity contribution in [1.29, 1.82) is 0 Å². The summed E-state index contributed by atoms with van der Waals surface area (Å²) < 4.78 is 5.19. The van der Waals surface area contributed by atoms with Crippen molar-refractivity contribution in [3.63, 3.8) is 0 Å². The molecule has 0 saturated carbocycles. The molecular formula is C13H19ClN2O. The molecule has 0 amide bonds. The van der Waals surface area contributed by atoms with Crippen LogP contribution in [0.5, 0.6) is 0 Å². The SMILES string of the molecule is COCC1CCN(Cc2ccc(Cl)cc2N)C1. The molecule has 4 heteroatoms. The highest BCUT2D eigenvalue weighted by Crippen LogP contribution is 2.23. The first-order valence-corrected chi connectivity index (χ1v) is 6.32. The standard InChI is InChI=1S/C13H19ClN2O/c1-17-9-10-4-5-16(7-10)8-11-2-3-12(14)6-13(11)15/h2-3,6,10H,4-5,7-9,15H2,1H3. The summed E-state index contributed by atoms with van der Waals surface area (Å²) in [5.41, 5.74) is 7.90. The normalized spacial score (nSPS) is 20.9. The van der Waals surface area contributed by atoms with E-state index in [4.69, 9.17) is 22.1 Å². The zero-order valence-corrected chi connectivity index (χ0v) is 10.9. The molecular weight excluding hydrogens is 236 g/mol. The van der Waals surface area contributed by atoms with Crippen LogP contribution in [0.3, 0.4) is 0 Å². The number of methoxy groups -OCH3 is 1. The van der Waals surface area contributed by atoms with Gasteiger partial charge in [-0.25, -0.2) is 0 Å². The average Bonchev–Trinajstić information content (AvgIpc) is 2.71. The minimum absolute atomic E-state index is 0.661. The van der Waals surface area contributed by atoms with E-state index in [1.54, 1.807) is 7.11 Å². The van der Waals surface area contributed by atoms with Crippen LogP contribution in [0.15, 0.2) is 18.2 Å². The van der Waals surface area contributed by atoms with Crippen molar-refractivity contribution in [3.8, 4) is 0 Å². The number of nitrogen functional groups attached to an aromatic ring is 1. The summed E-state index contributed by atoms with van der Waals surface area (Å²) in [6, 6.07) is 5.73. The summed E-state index contributed by atoms with van der Waals surface area (Å²) in [4.78, 5) is 2.42. The number of anilines is 1. The van der Waals surface area contributed by atoms with Crippen LogP contribution in [0.25, 0.3) is 0 Å². The Balaban J connectivity index is 1.93. The van der Waals surface area contributed by atoms with Crippen LogP contribution in [-0.4, -0.2) is 31.7 Å².